The summed E-state index contributed by atoms with van der Waals surface area (Å²) < 4.78 is 0. The summed E-state index contributed by atoms with van der Waals surface area (Å²) >= 11 is 0. The second-order valence-corrected chi connectivity index (χ2v) is 5.09. The largest absolute Gasteiger partial charge is 0.480 e. The molecule has 0 radical (unpaired) electrons. The Labute approximate surface area is 113 Å². The molecule has 0 aromatic heterocycles. The number of carbonyl (C=O) groups excluding carboxylic acids is 1. The monoisotopic (exact) mass is 261 g/mol. The van der Waals surface area contributed by atoms with Crippen LogP contribution in [0.4, 0.5) is 0 Å². The van der Waals surface area contributed by atoms with Crippen molar-refractivity contribution >= 4 is 11.8 Å². The van der Waals surface area contributed by atoms with Crippen molar-refractivity contribution < 1.29 is 14.7 Å². The molecule has 0 amide bonds. The molecule has 0 aliphatic carbocycles. The van der Waals surface area contributed by atoms with Crippen LogP contribution in [0.2, 0.25) is 0 Å². The van der Waals surface area contributed by atoms with E-state index in [0.29, 0.717) is 5.56 Å². The zero-order valence-corrected chi connectivity index (χ0v) is 11.1. The quantitative estimate of drug-likeness (QED) is 0.825. The van der Waals surface area contributed by atoms with Crippen LogP contribution >= 0.6 is 0 Å². The Balaban J connectivity index is 2.06. The first-order valence-corrected chi connectivity index (χ1v) is 6.64. The third kappa shape index (κ3) is 3.41. The number of carboxylic acid groups (broad SMARTS) is 1. The molecule has 102 valence electrons. The summed E-state index contributed by atoms with van der Waals surface area (Å²) in [6.45, 7) is 3.51. The van der Waals surface area contributed by atoms with Crippen LogP contribution in [0.1, 0.15) is 35.2 Å². The van der Waals surface area contributed by atoms with E-state index in [0.717, 1.165) is 31.5 Å². The molecule has 19 heavy (non-hydrogen) atoms. The van der Waals surface area contributed by atoms with Crippen molar-refractivity contribution in [3.05, 3.63) is 35.4 Å². The zero-order valence-electron chi connectivity index (χ0n) is 11.1. The Morgan fingerprint density at radius 3 is 2.32 bits per heavy atom. The minimum Gasteiger partial charge on any atom is -0.480 e. The lowest BCUT2D eigenvalue weighted by atomic mass is 10.0. The van der Waals surface area contributed by atoms with Crippen molar-refractivity contribution in [3.8, 4) is 0 Å². The van der Waals surface area contributed by atoms with Crippen molar-refractivity contribution in [2.24, 2.45) is 0 Å². The molecule has 1 aromatic carbocycles. The average molecular weight is 261 g/mol. The normalized spacial score (nSPS) is 17.3. The summed E-state index contributed by atoms with van der Waals surface area (Å²) in [5.41, 5.74) is 1.68. The third-order valence-electron chi connectivity index (χ3n) is 3.62. The number of rotatable bonds is 5. The van der Waals surface area contributed by atoms with Gasteiger partial charge in [-0.1, -0.05) is 29.8 Å². The molecule has 1 N–H and O–H groups in total. The number of aryl methyl sites for hydroxylation is 1. The number of aliphatic carboxylic acids is 1. The van der Waals surface area contributed by atoms with E-state index >= 15 is 0 Å². The Hall–Kier alpha value is -1.68. The highest BCUT2D eigenvalue weighted by Gasteiger charge is 2.30. The first-order valence-electron chi connectivity index (χ1n) is 6.64. The van der Waals surface area contributed by atoms with E-state index in [4.69, 9.17) is 0 Å². The molecule has 4 nitrogen and oxygen atoms in total. The number of benzene rings is 1. The summed E-state index contributed by atoms with van der Waals surface area (Å²) in [7, 11) is 0. The van der Waals surface area contributed by atoms with Crippen molar-refractivity contribution in [2.45, 2.75) is 32.2 Å². The van der Waals surface area contributed by atoms with E-state index in [1.54, 1.807) is 12.1 Å². The van der Waals surface area contributed by atoms with Gasteiger partial charge in [-0.3, -0.25) is 14.5 Å². The molecule has 0 spiro atoms. The second-order valence-electron chi connectivity index (χ2n) is 5.09. The number of hydrogen-bond donors (Lipinski definition) is 1. The number of Topliss-reactive ketones (excluding diaryl/α,β-unsaturated/α-hetero) is 1. The topological polar surface area (TPSA) is 57.6 Å². The fraction of sp³-hybridized carbons (Fsp3) is 0.467. The van der Waals surface area contributed by atoms with Gasteiger partial charge < -0.3 is 5.11 Å². The Morgan fingerprint density at radius 1 is 1.21 bits per heavy atom. The molecular weight excluding hydrogens is 242 g/mol. The Morgan fingerprint density at radius 2 is 1.79 bits per heavy atom. The standard InChI is InChI=1S/C15H19NO3/c1-11-4-6-12(7-5-11)14(17)10-13(15(18)19)16-8-2-3-9-16/h4-7,13H,2-3,8-10H2,1H3,(H,18,19). The lowest BCUT2D eigenvalue weighted by Crippen LogP contribution is -2.40. The van der Waals surface area contributed by atoms with E-state index in [1.165, 1.54) is 0 Å². The molecule has 1 unspecified atom stereocenters. The summed E-state index contributed by atoms with van der Waals surface area (Å²) in [6.07, 6.45) is 2.09. The lowest BCUT2D eigenvalue weighted by molar-refractivity contribution is -0.142. The van der Waals surface area contributed by atoms with Gasteiger partial charge in [0.15, 0.2) is 5.78 Å². The first kappa shape index (κ1) is 13.7. The zero-order chi connectivity index (χ0) is 13.8. The number of carboxylic acids is 1. The molecule has 1 aliphatic heterocycles. The lowest BCUT2D eigenvalue weighted by Gasteiger charge is -2.22. The van der Waals surface area contributed by atoms with Crippen LogP contribution in [-0.2, 0) is 4.79 Å². The van der Waals surface area contributed by atoms with Crippen molar-refractivity contribution in [1.82, 2.24) is 4.90 Å². The molecule has 0 saturated carbocycles. The number of carbonyl (C=O) groups is 2. The smallest absolute Gasteiger partial charge is 0.321 e. The van der Waals surface area contributed by atoms with Crippen LogP contribution in [0.3, 0.4) is 0 Å². The van der Waals surface area contributed by atoms with Gasteiger partial charge in [0, 0.05) is 12.0 Å². The SMILES string of the molecule is Cc1ccc(C(=O)CC(C(=O)O)N2CCCC2)cc1. The van der Waals surface area contributed by atoms with E-state index < -0.39 is 12.0 Å². The van der Waals surface area contributed by atoms with Crippen LogP contribution in [0.5, 0.6) is 0 Å². The van der Waals surface area contributed by atoms with E-state index in [9.17, 15) is 14.7 Å². The predicted octanol–water partition coefficient (Wildman–Crippen LogP) is 2.12. The van der Waals surface area contributed by atoms with Crippen molar-refractivity contribution in [1.29, 1.82) is 0 Å². The number of hydrogen-bond acceptors (Lipinski definition) is 3. The maximum Gasteiger partial charge on any atom is 0.321 e. The minimum absolute atomic E-state index is 0.0540. The maximum atomic E-state index is 12.1. The molecule has 1 fully saturated rings. The van der Waals surface area contributed by atoms with Gasteiger partial charge in [-0.05, 0) is 32.9 Å². The molecular formula is C15H19NO3. The molecule has 2 rings (SSSR count). The molecule has 0 bridgehead atoms. The predicted molar refractivity (Wildman–Crippen MR) is 72.4 cm³/mol. The first-order chi connectivity index (χ1) is 9.08. The van der Waals surface area contributed by atoms with E-state index in [-0.39, 0.29) is 12.2 Å². The molecule has 1 saturated heterocycles. The average Bonchev–Trinajstić information content (AvgIpc) is 2.89. The molecule has 1 aromatic rings. The highest BCUT2D eigenvalue weighted by atomic mass is 16.4. The Kier molecular flexibility index (Phi) is 4.32. The van der Waals surface area contributed by atoms with Crippen LogP contribution < -0.4 is 0 Å². The van der Waals surface area contributed by atoms with Crippen LogP contribution in [-0.4, -0.2) is 40.9 Å². The van der Waals surface area contributed by atoms with Gasteiger partial charge in [0.2, 0.25) is 0 Å². The maximum absolute atomic E-state index is 12.1. The molecule has 1 atom stereocenters. The summed E-state index contributed by atoms with van der Waals surface area (Å²) in [4.78, 5) is 25.3. The summed E-state index contributed by atoms with van der Waals surface area (Å²) in [6, 6.07) is 6.59. The third-order valence-corrected chi connectivity index (χ3v) is 3.62. The highest BCUT2D eigenvalue weighted by Crippen LogP contribution is 2.17. The number of ketones is 1. The van der Waals surface area contributed by atoms with Gasteiger partial charge in [-0.2, -0.15) is 0 Å². The van der Waals surface area contributed by atoms with Crippen molar-refractivity contribution in [3.63, 3.8) is 0 Å². The number of likely N-dealkylation sites (tertiary alicyclic amines) is 1. The van der Waals surface area contributed by atoms with Gasteiger partial charge in [0.1, 0.15) is 6.04 Å². The molecule has 4 heteroatoms. The van der Waals surface area contributed by atoms with Crippen molar-refractivity contribution in [2.75, 3.05) is 13.1 Å². The van der Waals surface area contributed by atoms with Gasteiger partial charge in [0.05, 0.1) is 0 Å². The van der Waals surface area contributed by atoms with Crippen LogP contribution in [0.25, 0.3) is 0 Å². The molecule has 1 aliphatic rings. The Bertz CT molecular complexity index is 461. The summed E-state index contributed by atoms with van der Waals surface area (Å²) in [5.74, 6) is -0.998. The highest BCUT2D eigenvalue weighted by molar-refractivity contribution is 5.98. The second kappa shape index (κ2) is 5.97. The van der Waals surface area contributed by atoms with E-state index in [2.05, 4.69) is 0 Å². The number of nitrogens with zero attached hydrogens (tertiary/aromatic N) is 1. The fourth-order valence-electron chi connectivity index (χ4n) is 2.46. The fourth-order valence-corrected chi connectivity index (χ4v) is 2.46. The van der Waals surface area contributed by atoms with Gasteiger partial charge >= 0.3 is 5.97 Å². The van der Waals surface area contributed by atoms with Gasteiger partial charge in [0.25, 0.3) is 0 Å². The summed E-state index contributed by atoms with van der Waals surface area (Å²) in [5, 5.41) is 9.28. The van der Waals surface area contributed by atoms with E-state index in [1.807, 2.05) is 24.0 Å². The van der Waals surface area contributed by atoms with Gasteiger partial charge in [-0.25, -0.2) is 0 Å². The minimum atomic E-state index is -0.901. The van der Waals surface area contributed by atoms with Crippen LogP contribution in [0, 0.1) is 6.92 Å². The molecule has 1 heterocycles. The van der Waals surface area contributed by atoms with Gasteiger partial charge in [-0.15, -0.1) is 0 Å². The van der Waals surface area contributed by atoms with Crippen LogP contribution in [0.15, 0.2) is 24.3 Å².